The molecule has 5 nitrogen and oxygen atoms in total. The number of anilines is 1. The molecule has 0 bridgehead atoms. The number of nitrogens with zero attached hydrogens (tertiary/aromatic N) is 3. The molecule has 3 aromatic rings. The number of aromatic nitrogens is 1. The molecule has 0 aliphatic carbocycles. The van der Waals surface area contributed by atoms with Crippen LogP contribution in [0.3, 0.4) is 0 Å². The molecule has 0 fully saturated rings. The van der Waals surface area contributed by atoms with Gasteiger partial charge in [-0.25, -0.2) is 4.99 Å². The zero-order chi connectivity index (χ0) is 16.7. The van der Waals surface area contributed by atoms with E-state index in [1.807, 2.05) is 36.4 Å². The van der Waals surface area contributed by atoms with Crippen molar-refractivity contribution >= 4 is 61.6 Å². The van der Waals surface area contributed by atoms with Crippen molar-refractivity contribution in [2.24, 2.45) is 4.99 Å². The molecule has 0 amide bonds. The molecule has 122 valence electrons. The van der Waals surface area contributed by atoms with Crippen LogP contribution in [0.1, 0.15) is 5.76 Å². The van der Waals surface area contributed by atoms with Gasteiger partial charge in [0.2, 0.25) is 0 Å². The Kier molecular flexibility index (Phi) is 4.35. The molecule has 0 unspecified atom stereocenters. The van der Waals surface area contributed by atoms with E-state index in [1.54, 1.807) is 10.6 Å². The quantitative estimate of drug-likeness (QED) is 0.493. The average Bonchev–Trinajstić information content (AvgIpc) is 3.12. The van der Waals surface area contributed by atoms with Gasteiger partial charge in [-0.05, 0) is 59.0 Å². The Labute approximate surface area is 163 Å². The summed E-state index contributed by atoms with van der Waals surface area (Å²) in [6.45, 7) is 1.04. The van der Waals surface area contributed by atoms with Crippen LogP contribution < -0.4 is 19.8 Å². The van der Waals surface area contributed by atoms with Crippen molar-refractivity contribution in [2.45, 2.75) is 6.67 Å². The van der Waals surface area contributed by atoms with Crippen LogP contribution in [0.4, 0.5) is 5.69 Å². The van der Waals surface area contributed by atoms with Gasteiger partial charge in [0, 0.05) is 16.2 Å². The highest BCUT2D eigenvalue weighted by Crippen LogP contribution is 2.19. The Bertz CT molecular complexity index is 1070. The molecule has 0 spiro atoms. The van der Waals surface area contributed by atoms with Gasteiger partial charge in [0.1, 0.15) is 19.1 Å². The summed E-state index contributed by atoms with van der Waals surface area (Å²) in [5.41, 5.74) is 1.00. The number of thiazole rings is 1. The number of furan rings is 1. The van der Waals surface area contributed by atoms with Crippen LogP contribution in [0, 0.1) is 3.77 Å². The highest BCUT2D eigenvalue weighted by molar-refractivity contribution is 14.1. The summed E-state index contributed by atoms with van der Waals surface area (Å²) in [6, 6.07) is 11.7. The molecule has 2 aromatic heterocycles. The smallest absolute Gasteiger partial charge is 0.271 e. The third-order valence-electron chi connectivity index (χ3n) is 3.64. The molecule has 0 radical (unpaired) electrons. The minimum absolute atomic E-state index is 0.0352. The second-order valence-corrected chi connectivity index (χ2v) is 8.21. The predicted octanol–water partition coefficient (Wildman–Crippen LogP) is 2.75. The lowest BCUT2D eigenvalue weighted by molar-refractivity contribution is 0.528. The highest BCUT2D eigenvalue weighted by atomic mass is 127. The lowest BCUT2D eigenvalue weighted by atomic mass is 10.3. The molecule has 0 saturated carbocycles. The van der Waals surface area contributed by atoms with Crippen molar-refractivity contribution in [3.8, 4) is 0 Å². The largest absolute Gasteiger partial charge is 0.451 e. The highest BCUT2D eigenvalue weighted by Gasteiger charge is 2.16. The summed E-state index contributed by atoms with van der Waals surface area (Å²) in [6.07, 6.45) is 1.78. The van der Waals surface area contributed by atoms with Gasteiger partial charge >= 0.3 is 0 Å². The van der Waals surface area contributed by atoms with E-state index in [1.165, 1.54) is 11.3 Å². The number of fused-ring (bicyclic) bond motifs is 1. The average molecular weight is 516 g/mol. The number of halogens is 2. The third kappa shape index (κ3) is 3.09. The monoisotopic (exact) mass is 515 g/mol. The van der Waals surface area contributed by atoms with Crippen LogP contribution in [0.2, 0.25) is 0 Å². The van der Waals surface area contributed by atoms with Crippen molar-refractivity contribution in [1.82, 2.24) is 4.57 Å². The van der Waals surface area contributed by atoms with Crippen molar-refractivity contribution in [3.05, 3.63) is 70.1 Å². The minimum atomic E-state index is -0.0352. The van der Waals surface area contributed by atoms with Gasteiger partial charge in [-0.1, -0.05) is 27.3 Å². The molecule has 1 aliphatic heterocycles. The third-order valence-corrected chi connectivity index (χ3v) is 5.79. The maximum Gasteiger partial charge on any atom is 0.271 e. The molecular weight excluding hydrogens is 505 g/mol. The molecule has 24 heavy (non-hydrogen) atoms. The normalized spacial score (nSPS) is 14.6. The second-order valence-electron chi connectivity index (χ2n) is 5.23. The van der Waals surface area contributed by atoms with E-state index in [2.05, 4.69) is 48.4 Å². The van der Waals surface area contributed by atoms with Crippen LogP contribution in [-0.2, 0) is 6.67 Å². The number of hydrogen-bond donors (Lipinski definition) is 0. The van der Waals surface area contributed by atoms with Crippen molar-refractivity contribution in [1.29, 1.82) is 0 Å². The summed E-state index contributed by atoms with van der Waals surface area (Å²) in [5.74, 6) is 0.681. The van der Waals surface area contributed by atoms with E-state index in [-0.39, 0.29) is 5.56 Å². The van der Waals surface area contributed by atoms with E-state index in [4.69, 9.17) is 4.42 Å². The van der Waals surface area contributed by atoms with E-state index in [9.17, 15) is 4.79 Å². The van der Waals surface area contributed by atoms with E-state index in [0.29, 0.717) is 23.6 Å². The SMILES string of the molecule is O=c1/c(=C/c2ccc(I)o2)sc2n1CN(c1ccc(Br)cc1)CN=2. The van der Waals surface area contributed by atoms with Crippen molar-refractivity contribution in [3.63, 3.8) is 0 Å². The lowest BCUT2D eigenvalue weighted by Crippen LogP contribution is -2.42. The summed E-state index contributed by atoms with van der Waals surface area (Å²) in [5, 5.41) is 0. The van der Waals surface area contributed by atoms with Gasteiger partial charge in [-0.15, -0.1) is 0 Å². The van der Waals surface area contributed by atoms with Crippen LogP contribution in [0.15, 0.2) is 55.1 Å². The van der Waals surface area contributed by atoms with E-state index >= 15 is 0 Å². The first-order valence-corrected chi connectivity index (χ1v) is 9.81. The molecule has 1 aromatic carbocycles. The maximum absolute atomic E-state index is 12.7. The van der Waals surface area contributed by atoms with E-state index < -0.39 is 0 Å². The van der Waals surface area contributed by atoms with Crippen LogP contribution >= 0.6 is 49.9 Å². The van der Waals surface area contributed by atoms with Gasteiger partial charge < -0.3 is 9.32 Å². The molecule has 1 aliphatic rings. The Morgan fingerprint density at radius 3 is 2.75 bits per heavy atom. The molecule has 0 atom stereocenters. The van der Waals surface area contributed by atoms with Crippen LogP contribution in [0.5, 0.6) is 0 Å². The Morgan fingerprint density at radius 2 is 2.04 bits per heavy atom. The standard InChI is InChI=1S/C16H11BrIN3O2S/c17-10-1-3-11(4-2-10)20-8-19-16-21(9-20)15(22)13(24-16)7-12-5-6-14(18)23-12/h1-7H,8-9H2/b13-7-. The Hall–Kier alpha value is -1.39. The topological polar surface area (TPSA) is 50.7 Å². The van der Waals surface area contributed by atoms with Crippen LogP contribution in [0.25, 0.3) is 6.08 Å². The minimum Gasteiger partial charge on any atom is -0.451 e. The Morgan fingerprint density at radius 1 is 1.25 bits per heavy atom. The predicted molar refractivity (Wildman–Crippen MR) is 106 cm³/mol. The van der Waals surface area contributed by atoms with Crippen LogP contribution in [-0.4, -0.2) is 11.2 Å². The second kappa shape index (κ2) is 6.49. The molecule has 0 N–H and O–H groups in total. The first-order chi connectivity index (χ1) is 11.6. The van der Waals surface area contributed by atoms with Crippen molar-refractivity contribution < 1.29 is 4.42 Å². The number of hydrogen-bond acceptors (Lipinski definition) is 5. The molecular formula is C16H11BrIN3O2S. The number of benzene rings is 1. The summed E-state index contributed by atoms with van der Waals surface area (Å²) < 4.78 is 9.68. The maximum atomic E-state index is 12.7. The van der Waals surface area contributed by atoms with Gasteiger partial charge in [-0.3, -0.25) is 9.36 Å². The number of rotatable bonds is 2. The van der Waals surface area contributed by atoms with Gasteiger partial charge in [-0.2, -0.15) is 0 Å². The molecule has 8 heteroatoms. The van der Waals surface area contributed by atoms with Gasteiger partial charge in [0.05, 0.1) is 4.53 Å². The molecule has 4 rings (SSSR count). The summed E-state index contributed by atoms with van der Waals surface area (Å²) >= 11 is 6.94. The molecule has 3 heterocycles. The van der Waals surface area contributed by atoms with E-state index in [0.717, 1.165) is 18.7 Å². The fourth-order valence-corrected chi connectivity index (χ4v) is 4.10. The lowest BCUT2D eigenvalue weighted by Gasteiger charge is -2.25. The zero-order valence-electron chi connectivity index (χ0n) is 12.3. The summed E-state index contributed by atoms with van der Waals surface area (Å²) in [7, 11) is 0. The fourth-order valence-electron chi connectivity index (χ4n) is 2.46. The fraction of sp³-hybridized carbons (Fsp3) is 0.125. The zero-order valence-corrected chi connectivity index (χ0v) is 16.8. The van der Waals surface area contributed by atoms with Gasteiger partial charge in [0.25, 0.3) is 5.56 Å². The van der Waals surface area contributed by atoms with Gasteiger partial charge in [0.15, 0.2) is 8.57 Å². The first-order valence-electron chi connectivity index (χ1n) is 7.12. The summed E-state index contributed by atoms with van der Waals surface area (Å²) in [4.78, 5) is 20.0. The first kappa shape index (κ1) is 16.1. The Balaban J connectivity index is 1.71. The van der Waals surface area contributed by atoms with Crippen molar-refractivity contribution in [2.75, 3.05) is 11.6 Å². The molecule has 0 saturated heterocycles.